The average Bonchev–Trinajstić information content (AvgIpc) is 3.57. The monoisotopic (exact) mass is 475 g/mol. The van der Waals surface area contributed by atoms with Gasteiger partial charge in [0.05, 0.1) is 29.0 Å². The van der Waals surface area contributed by atoms with Gasteiger partial charge in [0.2, 0.25) is 5.91 Å². The molecule has 1 atom stereocenters. The maximum Gasteiger partial charge on any atom is 0.219 e. The Hall–Kier alpha value is -4.52. The third-order valence-electron chi connectivity index (χ3n) is 6.57. The number of ether oxygens (including phenoxy) is 1. The van der Waals surface area contributed by atoms with E-state index in [9.17, 15) is 4.79 Å². The molecule has 6 rings (SSSR count). The van der Waals surface area contributed by atoms with Gasteiger partial charge in [0.1, 0.15) is 17.2 Å². The summed E-state index contributed by atoms with van der Waals surface area (Å²) in [6.07, 6.45) is 5.32. The molecule has 4 heterocycles. The first-order valence-electron chi connectivity index (χ1n) is 12.1. The molecule has 1 aliphatic rings. The number of likely N-dealkylation sites (tertiary alicyclic amines) is 1. The van der Waals surface area contributed by atoms with Gasteiger partial charge in [0.25, 0.3) is 0 Å². The lowest BCUT2D eigenvalue weighted by Crippen LogP contribution is -2.28. The minimum Gasteiger partial charge on any atom is -0.455 e. The van der Waals surface area contributed by atoms with Crippen LogP contribution in [-0.4, -0.2) is 37.3 Å². The lowest BCUT2D eigenvalue weighted by Gasteiger charge is -2.25. The van der Waals surface area contributed by atoms with E-state index in [-0.39, 0.29) is 11.9 Å². The number of benzene rings is 2. The van der Waals surface area contributed by atoms with Crippen molar-refractivity contribution in [3.8, 4) is 34.3 Å². The molecule has 0 saturated carbocycles. The first-order valence-corrected chi connectivity index (χ1v) is 12.1. The van der Waals surface area contributed by atoms with Crippen LogP contribution in [0.15, 0.2) is 85.2 Å². The van der Waals surface area contributed by atoms with E-state index >= 15 is 0 Å². The Balaban J connectivity index is 1.40. The summed E-state index contributed by atoms with van der Waals surface area (Å²) in [7, 11) is 0. The molecule has 3 aromatic heterocycles. The van der Waals surface area contributed by atoms with Crippen LogP contribution in [0.2, 0.25) is 0 Å². The molecule has 0 aliphatic carbocycles. The fourth-order valence-electron chi connectivity index (χ4n) is 4.84. The van der Waals surface area contributed by atoms with E-state index in [2.05, 4.69) is 21.0 Å². The van der Waals surface area contributed by atoms with Gasteiger partial charge in [-0.05, 0) is 43.2 Å². The molecule has 5 aromatic rings. The van der Waals surface area contributed by atoms with Gasteiger partial charge in [-0.1, -0.05) is 36.4 Å². The number of hydrogen-bond donors (Lipinski definition) is 1. The Morgan fingerprint density at radius 1 is 1.00 bits per heavy atom. The summed E-state index contributed by atoms with van der Waals surface area (Å²) in [5.41, 5.74) is 5.31. The molecule has 1 fully saturated rings. The zero-order valence-electron chi connectivity index (χ0n) is 19.9. The van der Waals surface area contributed by atoms with Gasteiger partial charge in [-0.2, -0.15) is 0 Å². The van der Waals surface area contributed by atoms with Crippen LogP contribution >= 0.6 is 0 Å². The Kier molecular flexibility index (Phi) is 5.65. The van der Waals surface area contributed by atoms with Crippen LogP contribution in [-0.2, 0) is 4.79 Å². The molecule has 178 valence electrons. The largest absolute Gasteiger partial charge is 0.455 e. The van der Waals surface area contributed by atoms with Gasteiger partial charge >= 0.3 is 0 Å². The summed E-state index contributed by atoms with van der Waals surface area (Å²) >= 11 is 0. The van der Waals surface area contributed by atoms with Crippen LogP contribution in [0.25, 0.3) is 33.8 Å². The molecule has 36 heavy (non-hydrogen) atoms. The van der Waals surface area contributed by atoms with E-state index in [1.165, 1.54) is 0 Å². The molecule has 0 spiro atoms. The van der Waals surface area contributed by atoms with Crippen LogP contribution in [0, 0.1) is 0 Å². The van der Waals surface area contributed by atoms with Crippen LogP contribution in [0.5, 0.6) is 11.5 Å². The normalized spacial score (nSPS) is 15.4. The number of imidazole rings is 1. The summed E-state index contributed by atoms with van der Waals surface area (Å²) in [5.74, 6) is 2.06. The molecule has 7 heteroatoms. The van der Waals surface area contributed by atoms with Crippen LogP contribution < -0.4 is 4.74 Å². The lowest BCUT2D eigenvalue weighted by molar-refractivity contribution is -0.129. The second-order valence-corrected chi connectivity index (χ2v) is 8.93. The van der Waals surface area contributed by atoms with Crippen LogP contribution in [0.1, 0.15) is 31.4 Å². The zero-order valence-corrected chi connectivity index (χ0v) is 19.9. The number of rotatable bonds is 5. The van der Waals surface area contributed by atoms with E-state index in [1.807, 2.05) is 71.6 Å². The van der Waals surface area contributed by atoms with E-state index in [4.69, 9.17) is 9.72 Å². The minimum atomic E-state index is -0.0555. The van der Waals surface area contributed by atoms with E-state index in [0.29, 0.717) is 17.3 Å². The number of nitrogens with one attached hydrogen (secondary N) is 1. The number of fused-ring (bicyclic) bond motifs is 1. The highest BCUT2D eigenvalue weighted by Crippen LogP contribution is 2.41. The molecule has 0 bridgehead atoms. The van der Waals surface area contributed by atoms with Gasteiger partial charge in [0, 0.05) is 36.9 Å². The Labute approximate surface area is 208 Å². The van der Waals surface area contributed by atoms with Crippen molar-refractivity contribution < 1.29 is 9.53 Å². The summed E-state index contributed by atoms with van der Waals surface area (Å²) in [5, 5.41) is 0. The highest BCUT2D eigenvalue weighted by Gasteiger charge is 2.31. The quantitative estimate of drug-likeness (QED) is 0.329. The number of pyridine rings is 2. The highest BCUT2D eigenvalue weighted by molar-refractivity contribution is 5.82. The number of carbonyl (C=O) groups excluding carboxylic acids is 1. The van der Waals surface area contributed by atoms with Crippen molar-refractivity contribution in [1.29, 1.82) is 0 Å². The number of aromatic amines is 1. The predicted molar refractivity (Wildman–Crippen MR) is 138 cm³/mol. The third kappa shape index (κ3) is 4.20. The van der Waals surface area contributed by atoms with Crippen molar-refractivity contribution in [3.05, 3.63) is 90.8 Å². The Morgan fingerprint density at radius 2 is 1.86 bits per heavy atom. The molecule has 1 saturated heterocycles. The summed E-state index contributed by atoms with van der Waals surface area (Å²) in [6.45, 7) is 2.37. The number of amides is 1. The van der Waals surface area contributed by atoms with Gasteiger partial charge in [0.15, 0.2) is 5.82 Å². The maximum atomic E-state index is 12.4. The molecule has 1 unspecified atom stereocenters. The predicted octanol–water partition coefficient (Wildman–Crippen LogP) is 6.16. The van der Waals surface area contributed by atoms with E-state index in [1.54, 1.807) is 19.3 Å². The second-order valence-electron chi connectivity index (χ2n) is 8.93. The molecule has 1 aliphatic heterocycles. The smallest absolute Gasteiger partial charge is 0.219 e. The number of hydrogen-bond acceptors (Lipinski definition) is 5. The zero-order chi connectivity index (χ0) is 24.5. The van der Waals surface area contributed by atoms with Crippen molar-refractivity contribution in [3.63, 3.8) is 0 Å². The minimum absolute atomic E-state index is 0.0555. The number of H-pyrrole nitrogens is 1. The van der Waals surface area contributed by atoms with Gasteiger partial charge in [-0.15, -0.1) is 0 Å². The number of carbonyl (C=O) groups is 1. The first-order chi connectivity index (χ1) is 17.7. The molecule has 1 N–H and O–H groups in total. The Bertz CT molecular complexity index is 1510. The number of aromatic nitrogens is 4. The van der Waals surface area contributed by atoms with E-state index < -0.39 is 0 Å². The molecule has 1 amide bonds. The van der Waals surface area contributed by atoms with Gasteiger partial charge in [-0.25, -0.2) is 4.98 Å². The molecule has 0 radical (unpaired) electrons. The first kappa shape index (κ1) is 22.0. The van der Waals surface area contributed by atoms with Gasteiger partial charge < -0.3 is 14.6 Å². The standard InChI is InChI=1S/C29H25N5O2/c1-19(35)34-15-7-11-27(34)22-16-25-26(33-29(32-25)24-10-5-6-14-30-24)17-28(22)36-21-12-13-23(31-18-21)20-8-3-2-4-9-20/h2-6,8-10,12-14,16-18,27H,7,11,15H2,1H3,(H,32,33). The van der Waals surface area contributed by atoms with Crippen molar-refractivity contribution in [2.45, 2.75) is 25.8 Å². The van der Waals surface area contributed by atoms with Crippen LogP contribution in [0.3, 0.4) is 0 Å². The molecular formula is C29H25N5O2. The van der Waals surface area contributed by atoms with Crippen molar-refractivity contribution in [1.82, 2.24) is 24.8 Å². The molecule has 2 aromatic carbocycles. The topological polar surface area (TPSA) is 84.0 Å². The van der Waals surface area contributed by atoms with Crippen molar-refractivity contribution in [2.24, 2.45) is 0 Å². The molecular weight excluding hydrogens is 450 g/mol. The fraction of sp³-hybridized carbons (Fsp3) is 0.172. The summed E-state index contributed by atoms with van der Waals surface area (Å²) in [4.78, 5) is 31.5. The van der Waals surface area contributed by atoms with Crippen LogP contribution in [0.4, 0.5) is 0 Å². The maximum absolute atomic E-state index is 12.4. The summed E-state index contributed by atoms with van der Waals surface area (Å²) < 4.78 is 6.39. The highest BCUT2D eigenvalue weighted by atomic mass is 16.5. The van der Waals surface area contributed by atoms with Gasteiger partial charge in [-0.3, -0.25) is 14.8 Å². The summed E-state index contributed by atoms with van der Waals surface area (Å²) in [6, 6.07) is 23.6. The third-order valence-corrected chi connectivity index (χ3v) is 6.57. The van der Waals surface area contributed by atoms with Crippen molar-refractivity contribution in [2.75, 3.05) is 6.54 Å². The second kappa shape index (κ2) is 9.26. The molecule has 7 nitrogen and oxygen atoms in total. The fourth-order valence-corrected chi connectivity index (χ4v) is 4.84. The SMILES string of the molecule is CC(=O)N1CCCC1c1cc2[nH]c(-c3ccccn3)nc2cc1Oc1ccc(-c2ccccc2)nc1. The van der Waals surface area contributed by atoms with E-state index in [0.717, 1.165) is 52.9 Å². The van der Waals surface area contributed by atoms with Crippen molar-refractivity contribution >= 4 is 16.9 Å². The average molecular weight is 476 g/mol. The Morgan fingerprint density at radius 3 is 2.61 bits per heavy atom. The lowest BCUT2D eigenvalue weighted by atomic mass is 10.0. The number of nitrogens with zero attached hydrogens (tertiary/aromatic N) is 4.